The van der Waals surface area contributed by atoms with Crippen LogP contribution in [0.1, 0.15) is 21.6 Å². The molecule has 12 heavy (non-hydrogen) atoms. The maximum Gasteiger partial charge on any atom is 0.249 e. The van der Waals surface area contributed by atoms with Crippen molar-refractivity contribution in [1.29, 1.82) is 0 Å². The minimum Gasteiger partial charge on any atom is -0.358 e. The molecule has 3 nitrogen and oxygen atoms in total. The van der Waals surface area contributed by atoms with E-state index in [4.69, 9.17) is 0 Å². The number of hydrogen-bond acceptors (Lipinski definition) is 2. The summed E-state index contributed by atoms with van der Waals surface area (Å²) in [5, 5.41) is 0. The fourth-order valence-electron chi connectivity index (χ4n) is 1.29. The van der Waals surface area contributed by atoms with Crippen molar-refractivity contribution in [1.82, 2.24) is 4.98 Å². The molecule has 1 N–H and O–H groups in total. The standard InChI is InChI=1S/C9H7NO2/c1-5-4-10-8-6(5)2-3-7(11)9(8)12/h2-4,10H,1H3. The van der Waals surface area contributed by atoms with E-state index < -0.39 is 11.6 Å². The Labute approximate surface area is 69.1 Å². The number of Topliss-reactive ketones (excluding diaryl/α,β-unsaturated/α-hetero) is 1. The smallest absolute Gasteiger partial charge is 0.249 e. The molecular weight excluding hydrogens is 154 g/mol. The Kier molecular flexibility index (Phi) is 1.27. The second-order valence-electron chi connectivity index (χ2n) is 2.79. The largest absolute Gasteiger partial charge is 0.358 e. The third-order valence-electron chi connectivity index (χ3n) is 1.98. The third-order valence-corrected chi connectivity index (χ3v) is 1.98. The topological polar surface area (TPSA) is 49.9 Å². The number of fused-ring (bicyclic) bond motifs is 1. The zero-order valence-electron chi connectivity index (χ0n) is 6.55. The molecule has 0 radical (unpaired) electrons. The van der Waals surface area contributed by atoms with Crippen molar-refractivity contribution in [3.05, 3.63) is 29.1 Å². The Morgan fingerprint density at radius 2 is 2.00 bits per heavy atom. The summed E-state index contributed by atoms with van der Waals surface area (Å²) in [6.07, 6.45) is 4.71. The first-order valence-electron chi connectivity index (χ1n) is 3.65. The van der Waals surface area contributed by atoms with E-state index in [9.17, 15) is 9.59 Å². The minimum absolute atomic E-state index is 0.417. The van der Waals surface area contributed by atoms with Crippen LogP contribution in [-0.4, -0.2) is 16.6 Å². The first kappa shape index (κ1) is 7.03. The van der Waals surface area contributed by atoms with E-state index in [1.807, 2.05) is 6.92 Å². The molecule has 0 unspecified atom stereocenters. The van der Waals surface area contributed by atoms with E-state index in [2.05, 4.69) is 4.98 Å². The number of nitrogens with one attached hydrogen (secondary N) is 1. The monoisotopic (exact) mass is 161 g/mol. The zero-order valence-corrected chi connectivity index (χ0v) is 6.55. The molecule has 1 aromatic rings. The maximum atomic E-state index is 11.2. The number of aryl methyl sites for hydroxylation is 1. The summed E-state index contributed by atoms with van der Waals surface area (Å²) in [7, 11) is 0. The fourth-order valence-corrected chi connectivity index (χ4v) is 1.29. The van der Waals surface area contributed by atoms with Gasteiger partial charge in [0.05, 0.1) is 5.69 Å². The molecule has 1 heterocycles. The van der Waals surface area contributed by atoms with Gasteiger partial charge < -0.3 is 4.98 Å². The van der Waals surface area contributed by atoms with Crippen LogP contribution in [0.3, 0.4) is 0 Å². The number of carbonyl (C=O) groups excluding carboxylic acids is 2. The predicted octanol–water partition coefficient (Wildman–Crippen LogP) is 1.10. The van der Waals surface area contributed by atoms with Crippen LogP contribution in [0.2, 0.25) is 0 Å². The molecule has 1 aliphatic carbocycles. The molecule has 60 valence electrons. The summed E-state index contributed by atoms with van der Waals surface area (Å²) in [5.74, 6) is -0.898. The van der Waals surface area contributed by atoms with Crippen LogP contribution in [-0.2, 0) is 4.79 Å². The van der Waals surface area contributed by atoms with Crippen LogP contribution in [0.4, 0.5) is 0 Å². The van der Waals surface area contributed by atoms with Gasteiger partial charge in [-0.3, -0.25) is 9.59 Å². The molecule has 0 spiro atoms. The Morgan fingerprint density at radius 1 is 1.25 bits per heavy atom. The summed E-state index contributed by atoms with van der Waals surface area (Å²) in [6.45, 7) is 1.89. The van der Waals surface area contributed by atoms with E-state index in [0.29, 0.717) is 5.69 Å². The lowest BCUT2D eigenvalue weighted by atomic mass is 10.0. The number of H-pyrrole nitrogens is 1. The average Bonchev–Trinajstić information content (AvgIpc) is 2.41. The van der Waals surface area contributed by atoms with Crippen LogP contribution in [0.15, 0.2) is 12.3 Å². The number of aromatic amines is 1. The fraction of sp³-hybridized carbons (Fsp3) is 0.111. The Hall–Kier alpha value is -1.64. The van der Waals surface area contributed by atoms with E-state index in [1.165, 1.54) is 6.08 Å². The lowest BCUT2D eigenvalue weighted by Gasteiger charge is -2.02. The molecule has 0 aromatic carbocycles. The van der Waals surface area contributed by atoms with Crippen LogP contribution in [0.5, 0.6) is 0 Å². The molecule has 1 aromatic heterocycles. The third kappa shape index (κ3) is 0.763. The second kappa shape index (κ2) is 2.17. The van der Waals surface area contributed by atoms with Crippen molar-refractivity contribution in [2.75, 3.05) is 0 Å². The van der Waals surface area contributed by atoms with Gasteiger partial charge in [0.15, 0.2) is 0 Å². The van der Waals surface area contributed by atoms with E-state index in [1.54, 1.807) is 12.3 Å². The number of aromatic nitrogens is 1. The number of carbonyl (C=O) groups is 2. The van der Waals surface area contributed by atoms with E-state index in [-0.39, 0.29) is 0 Å². The average molecular weight is 161 g/mol. The highest BCUT2D eigenvalue weighted by molar-refractivity contribution is 6.49. The molecule has 0 fully saturated rings. The second-order valence-corrected chi connectivity index (χ2v) is 2.79. The van der Waals surface area contributed by atoms with Gasteiger partial charge in [-0.2, -0.15) is 0 Å². The van der Waals surface area contributed by atoms with Crippen molar-refractivity contribution >= 4 is 17.6 Å². The van der Waals surface area contributed by atoms with Crippen LogP contribution < -0.4 is 0 Å². The van der Waals surface area contributed by atoms with E-state index in [0.717, 1.165) is 11.1 Å². The molecular formula is C9H7NO2. The van der Waals surface area contributed by atoms with Crippen molar-refractivity contribution in [3.8, 4) is 0 Å². The predicted molar refractivity (Wildman–Crippen MR) is 43.9 cm³/mol. The van der Waals surface area contributed by atoms with Gasteiger partial charge in [0, 0.05) is 11.8 Å². The van der Waals surface area contributed by atoms with Crippen LogP contribution in [0.25, 0.3) is 6.08 Å². The van der Waals surface area contributed by atoms with Gasteiger partial charge in [0.1, 0.15) is 0 Å². The lowest BCUT2D eigenvalue weighted by molar-refractivity contribution is -0.110. The summed E-state index contributed by atoms with van der Waals surface area (Å²) >= 11 is 0. The SMILES string of the molecule is Cc1c[nH]c2c1C=CC(=O)C2=O. The Morgan fingerprint density at radius 3 is 2.75 bits per heavy atom. The quantitative estimate of drug-likeness (QED) is 0.579. The van der Waals surface area contributed by atoms with E-state index >= 15 is 0 Å². The van der Waals surface area contributed by atoms with Gasteiger partial charge in [-0.15, -0.1) is 0 Å². The normalized spacial score (nSPS) is 15.1. The highest BCUT2D eigenvalue weighted by Gasteiger charge is 2.22. The molecule has 0 amide bonds. The number of rotatable bonds is 0. The van der Waals surface area contributed by atoms with Gasteiger partial charge in [0.2, 0.25) is 11.6 Å². The molecule has 2 rings (SSSR count). The number of ketones is 2. The summed E-state index contributed by atoms with van der Waals surface area (Å²) in [4.78, 5) is 24.9. The van der Waals surface area contributed by atoms with Crippen molar-refractivity contribution in [2.45, 2.75) is 6.92 Å². The first-order chi connectivity index (χ1) is 5.70. The molecule has 0 saturated heterocycles. The lowest BCUT2D eigenvalue weighted by Crippen LogP contribution is -2.15. The first-order valence-corrected chi connectivity index (χ1v) is 3.65. The summed E-state index contributed by atoms with van der Waals surface area (Å²) in [6, 6.07) is 0. The van der Waals surface area contributed by atoms with Crippen LogP contribution in [0, 0.1) is 6.92 Å². The highest BCUT2D eigenvalue weighted by Crippen LogP contribution is 2.19. The molecule has 0 atom stereocenters. The number of allylic oxidation sites excluding steroid dienone is 1. The molecule has 0 aliphatic heterocycles. The molecule has 1 aliphatic rings. The molecule has 3 heteroatoms. The molecule has 0 saturated carbocycles. The highest BCUT2D eigenvalue weighted by atomic mass is 16.2. The summed E-state index contributed by atoms with van der Waals surface area (Å²) in [5.41, 5.74) is 2.24. The number of hydrogen-bond donors (Lipinski definition) is 1. The van der Waals surface area contributed by atoms with Crippen molar-refractivity contribution < 1.29 is 9.59 Å². The van der Waals surface area contributed by atoms with Gasteiger partial charge in [-0.1, -0.05) is 0 Å². The van der Waals surface area contributed by atoms with Gasteiger partial charge in [0.25, 0.3) is 0 Å². The Bertz CT molecular complexity index is 399. The van der Waals surface area contributed by atoms with Gasteiger partial charge in [-0.05, 0) is 24.6 Å². The zero-order chi connectivity index (χ0) is 8.72. The molecule has 0 bridgehead atoms. The van der Waals surface area contributed by atoms with Gasteiger partial charge >= 0.3 is 0 Å². The van der Waals surface area contributed by atoms with Crippen molar-refractivity contribution in [2.24, 2.45) is 0 Å². The maximum absolute atomic E-state index is 11.2. The van der Waals surface area contributed by atoms with Crippen molar-refractivity contribution in [3.63, 3.8) is 0 Å². The Balaban J connectivity index is 2.68. The van der Waals surface area contributed by atoms with Crippen LogP contribution >= 0.6 is 0 Å². The summed E-state index contributed by atoms with van der Waals surface area (Å²) < 4.78 is 0. The van der Waals surface area contributed by atoms with Gasteiger partial charge in [-0.25, -0.2) is 0 Å². The minimum atomic E-state index is -0.454.